The summed E-state index contributed by atoms with van der Waals surface area (Å²) in [6, 6.07) is 7.58. The van der Waals surface area contributed by atoms with Crippen molar-refractivity contribution in [3.63, 3.8) is 0 Å². The minimum atomic E-state index is -0.867. The van der Waals surface area contributed by atoms with Crippen LogP contribution in [0.15, 0.2) is 29.4 Å². The van der Waals surface area contributed by atoms with Crippen LogP contribution < -0.4 is 4.74 Å². The lowest BCUT2D eigenvalue weighted by Gasteiger charge is -2.24. The highest BCUT2D eigenvalue weighted by molar-refractivity contribution is 8.00. The van der Waals surface area contributed by atoms with Gasteiger partial charge in [-0.05, 0) is 49.9 Å². The molecule has 1 aliphatic heterocycles. The lowest BCUT2D eigenvalue weighted by atomic mass is 9.97. The SMILES string of the molecule is C=O.CC.CC.CC.CC.CC#CCOc1ccc(C2=NOC(CC(C)(SC)C(=O)O)C2)cc1.CCC. The van der Waals surface area contributed by atoms with Gasteiger partial charge in [-0.25, -0.2) is 0 Å². The van der Waals surface area contributed by atoms with Crippen molar-refractivity contribution in [1.82, 2.24) is 0 Å². The van der Waals surface area contributed by atoms with Crippen LogP contribution in [-0.4, -0.2) is 47.3 Å². The second kappa shape index (κ2) is 33.5. The van der Waals surface area contributed by atoms with Crippen LogP contribution in [0.2, 0.25) is 0 Å². The Labute approximate surface area is 233 Å². The molecule has 2 rings (SSSR count). The minimum absolute atomic E-state index is 0.218. The topological polar surface area (TPSA) is 85.2 Å². The Hall–Kier alpha value is -2.46. The van der Waals surface area contributed by atoms with Gasteiger partial charge in [0.2, 0.25) is 0 Å². The molecule has 0 bridgehead atoms. The van der Waals surface area contributed by atoms with E-state index in [4.69, 9.17) is 14.4 Å². The summed E-state index contributed by atoms with van der Waals surface area (Å²) in [6.45, 7) is 26.1. The number of carboxylic acid groups (broad SMARTS) is 1. The monoisotopic (exact) mass is 541 g/mol. The summed E-state index contributed by atoms with van der Waals surface area (Å²) >= 11 is 1.32. The smallest absolute Gasteiger partial charge is 0.319 e. The molecule has 216 valence electrons. The summed E-state index contributed by atoms with van der Waals surface area (Å²) < 4.78 is 4.61. The summed E-state index contributed by atoms with van der Waals surface area (Å²) in [5, 5.41) is 13.5. The molecule has 0 aromatic heterocycles. The Morgan fingerprint density at radius 3 is 1.95 bits per heavy atom. The van der Waals surface area contributed by atoms with Crippen molar-refractivity contribution in [2.24, 2.45) is 5.16 Å². The maximum absolute atomic E-state index is 11.4. The third-order valence-corrected chi connectivity index (χ3v) is 5.17. The molecule has 37 heavy (non-hydrogen) atoms. The summed E-state index contributed by atoms with van der Waals surface area (Å²) in [5.41, 5.74) is 1.78. The molecule has 1 aromatic carbocycles. The fourth-order valence-corrected chi connectivity index (χ4v) is 2.86. The number of rotatable bonds is 7. The highest BCUT2D eigenvalue weighted by atomic mass is 32.2. The molecule has 2 unspecified atom stereocenters. The molecule has 1 N–H and O–H groups in total. The molecular formula is C30H55NO5S. The molecule has 0 spiro atoms. The number of ether oxygens (including phenoxy) is 1. The number of nitrogens with zero attached hydrogens (tertiary/aromatic N) is 1. The van der Waals surface area contributed by atoms with Crippen LogP contribution in [0.5, 0.6) is 5.75 Å². The zero-order valence-electron chi connectivity index (χ0n) is 25.9. The van der Waals surface area contributed by atoms with Gasteiger partial charge in [0.1, 0.15) is 30.0 Å². The van der Waals surface area contributed by atoms with Crippen molar-refractivity contribution in [2.75, 3.05) is 12.9 Å². The number of carboxylic acids is 1. The van der Waals surface area contributed by atoms with Gasteiger partial charge < -0.3 is 19.5 Å². The maximum Gasteiger partial charge on any atom is 0.319 e. The zero-order chi connectivity index (χ0) is 30.3. The standard InChI is InChI=1S/C18H21NO4S.C3H8.4C2H6.CH2O/c1-4-5-10-22-14-8-6-13(7-9-14)16-11-15(23-19-16)12-18(2,24-3)17(20)21;1-3-2;5*1-2/h6-9,15H,10-12H2,1-3H3,(H,20,21);3H2,1-2H3;4*1-2H3;1H2. The first-order valence-electron chi connectivity index (χ1n) is 13.3. The average Bonchev–Trinajstić information content (AvgIpc) is 3.43. The van der Waals surface area contributed by atoms with E-state index in [9.17, 15) is 9.90 Å². The number of carbonyl (C=O) groups excluding carboxylic acids is 1. The van der Waals surface area contributed by atoms with Crippen LogP contribution in [0, 0.1) is 11.8 Å². The lowest BCUT2D eigenvalue weighted by molar-refractivity contribution is -0.140. The molecule has 1 aromatic rings. The minimum Gasteiger partial charge on any atom is -0.481 e. The molecule has 0 fully saturated rings. The van der Waals surface area contributed by atoms with Crippen molar-refractivity contribution in [1.29, 1.82) is 0 Å². The Balaban J connectivity index is -0.000000227. The van der Waals surface area contributed by atoms with Gasteiger partial charge in [-0.1, -0.05) is 86.7 Å². The highest BCUT2D eigenvalue weighted by Gasteiger charge is 2.38. The van der Waals surface area contributed by atoms with E-state index in [-0.39, 0.29) is 6.10 Å². The average molecular weight is 542 g/mol. The maximum atomic E-state index is 11.4. The lowest BCUT2D eigenvalue weighted by Crippen LogP contribution is -2.35. The van der Waals surface area contributed by atoms with E-state index in [2.05, 4.69) is 30.8 Å². The van der Waals surface area contributed by atoms with Crippen molar-refractivity contribution in [2.45, 2.75) is 113 Å². The Morgan fingerprint density at radius 1 is 1.11 bits per heavy atom. The van der Waals surface area contributed by atoms with Gasteiger partial charge in [-0.2, -0.15) is 0 Å². The first-order chi connectivity index (χ1) is 17.9. The van der Waals surface area contributed by atoms with Crippen LogP contribution in [0.4, 0.5) is 0 Å². The van der Waals surface area contributed by atoms with Crippen molar-refractivity contribution >= 4 is 30.2 Å². The number of hydrogen-bond donors (Lipinski definition) is 1. The summed E-state index contributed by atoms with van der Waals surface area (Å²) in [6.07, 6.45) is 3.84. The molecule has 2 atom stereocenters. The predicted octanol–water partition coefficient (Wildman–Crippen LogP) is 8.51. The number of aliphatic carboxylic acids is 1. The molecule has 0 saturated carbocycles. The Bertz CT molecular complexity index is 711. The number of oxime groups is 1. The fourth-order valence-electron chi connectivity index (χ4n) is 2.34. The van der Waals surface area contributed by atoms with Gasteiger partial charge in [0.25, 0.3) is 0 Å². The second-order valence-electron chi connectivity index (χ2n) is 6.36. The first-order valence-corrected chi connectivity index (χ1v) is 14.6. The van der Waals surface area contributed by atoms with Crippen LogP contribution in [0.25, 0.3) is 0 Å². The Kier molecular flexibility index (Phi) is 40.4. The normalized spacial score (nSPS) is 13.3. The summed E-state index contributed by atoms with van der Waals surface area (Å²) in [4.78, 5) is 24.8. The van der Waals surface area contributed by atoms with Gasteiger partial charge in [-0.15, -0.1) is 17.7 Å². The molecule has 0 radical (unpaired) electrons. The number of benzene rings is 1. The van der Waals surface area contributed by atoms with Crippen LogP contribution in [0.3, 0.4) is 0 Å². The highest BCUT2D eigenvalue weighted by Crippen LogP contribution is 2.32. The van der Waals surface area contributed by atoms with E-state index in [0.29, 0.717) is 19.4 Å². The van der Waals surface area contributed by atoms with E-state index in [1.807, 2.05) is 86.4 Å². The molecule has 6 nitrogen and oxygen atoms in total. The van der Waals surface area contributed by atoms with Crippen molar-refractivity contribution in [3.8, 4) is 17.6 Å². The Morgan fingerprint density at radius 2 is 1.57 bits per heavy atom. The van der Waals surface area contributed by atoms with Crippen LogP contribution in [-0.2, 0) is 14.4 Å². The van der Waals surface area contributed by atoms with Gasteiger partial charge in [-0.3, -0.25) is 4.79 Å². The van der Waals surface area contributed by atoms with E-state index in [0.717, 1.165) is 17.0 Å². The van der Waals surface area contributed by atoms with Crippen LogP contribution in [0.1, 0.15) is 108 Å². The zero-order valence-corrected chi connectivity index (χ0v) is 26.7. The van der Waals surface area contributed by atoms with Gasteiger partial charge in [0.15, 0.2) is 0 Å². The molecule has 0 saturated heterocycles. The van der Waals surface area contributed by atoms with E-state index < -0.39 is 10.7 Å². The van der Waals surface area contributed by atoms with E-state index in [1.54, 1.807) is 20.1 Å². The molecule has 0 amide bonds. The van der Waals surface area contributed by atoms with Gasteiger partial charge in [0.05, 0.1) is 5.71 Å². The molecule has 0 aliphatic carbocycles. The van der Waals surface area contributed by atoms with E-state index >= 15 is 0 Å². The number of carbonyl (C=O) groups is 2. The van der Waals surface area contributed by atoms with Crippen molar-refractivity contribution in [3.05, 3.63) is 29.8 Å². The predicted molar refractivity (Wildman–Crippen MR) is 164 cm³/mol. The first kappa shape index (κ1) is 44.5. The molecular weight excluding hydrogens is 486 g/mol. The van der Waals surface area contributed by atoms with Gasteiger partial charge >= 0.3 is 5.97 Å². The number of hydrogen-bond acceptors (Lipinski definition) is 6. The summed E-state index contributed by atoms with van der Waals surface area (Å²) in [7, 11) is 0. The van der Waals surface area contributed by atoms with Crippen LogP contribution >= 0.6 is 11.8 Å². The molecule has 1 heterocycles. The second-order valence-corrected chi connectivity index (χ2v) is 7.67. The quantitative estimate of drug-likeness (QED) is 0.348. The summed E-state index contributed by atoms with van der Waals surface area (Å²) in [5.74, 6) is 5.54. The number of thioether (sulfide) groups is 1. The fraction of sp³-hybridized carbons (Fsp3) is 0.633. The third kappa shape index (κ3) is 21.3. The molecule has 1 aliphatic rings. The molecule has 7 heteroatoms. The van der Waals surface area contributed by atoms with Crippen molar-refractivity contribution < 1.29 is 24.3 Å². The third-order valence-electron chi connectivity index (χ3n) is 3.93. The van der Waals surface area contributed by atoms with E-state index in [1.165, 1.54) is 18.2 Å². The van der Waals surface area contributed by atoms with Gasteiger partial charge in [0, 0.05) is 12.8 Å². The largest absolute Gasteiger partial charge is 0.481 e.